The van der Waals surface area contributed by atoms with Gasteiger partial charge in [0.05, 0.1) is 26.0 Å². The summed E-state index contributed by atoms with van der Waals surface area (Å²) in [6, 6.07) is 4.98. The minimum atomic E-state index is -0.759. The highest BCUT2D eigenvalue weighted by Crippen LogP contribution is 2.28. The van der Waals surface area contributed by atoms with E-state index in [-0.39, 0.29) is 11.5 Å². The molecule has 0 aliphatic rings. The van der Waals surface area contributed by atoms with Gasteiger partial charge < -0.3 is 14.8 Å². The van der Waals surface area contributed by atoms with Gasteiger partial charge in [0.2, 0.25) is 0 Å². The van der Waals surface area contributed by atoms with Crippen LogP contribution in [0, 0.1) is 0 Å². The second kappa shape index (κ2) is 7.58. The highest BCUT2D eigenvalue weighted by molar-refractivity contribution is 9.10. The first-order valence-electron chi connectivity index (χ1n) is 5.85. The molecule has 1 N–H and O–H groups in total. The lowest BCUT2D eigenvalue weighted by Gasteiger charge is -2.13. The SMILES string of the molecule is COC(=O)/C=C(/Nc1c(Br)cccc1C(C)=O)C(=O)OC. The minimum absolute atomic E-state index is 0.140. The lowest BCUT2D eigenvalue weighted by atomic mass is 10.1. The average molecular weight is 356 g/mol. The Morgan fingerprint density at radius 1 is 1.19 bits per heavy atom. The highest BCUT2D eigenvalue weighted by Gasteiger charge is 2.17. The van der Waals surface area contributed by atoms with Crippen molar-refractivity contribution in [2.75, 3.05) is 19.5 Å². The Kier molecular flexibility index (Phi) is 6.10. The van der Waals surface area contributed by atoms with Crippen molar-refractivity contribution in [2.45, 2.75) is 6.92 Å². The molecule has 0 heterocycles. The lowest BCUT2D eigenvalue weighted by Crippen LogP contribution is -2.17. The predicted molar refractivity (Wildman–Crippen MR) is 79.9 cm³/mol. The molecule has 0 amide bonds. The first kappa shape index (κ1) is 16.9. The molecular formula is C14H14BrNO5. The van der Waals surface area contributed by atoms with Gasteiger partial charge in [-0.3, -0.25) is 4.79 Å². The minimum Gasteiger partial charge on any atom is -0.466 e. The van der Waals surface area contributed by atoms with Gasteiger partial charge in [-0.2, -0.15) is 0 Å². The first-order valence-corrected chi connectivity index (χ1v) is 6.64. The summed E-state index contributed by atoms with van der Waals surface area (Å²) in [5.74, 6) is -1.67. The van der Waals surface area contributed by atoms with Gasteiger partial charge in [0.1, 0.15) is 5.70 Å². The Morgan fingerprint density at radius 3 is 2.38 bits per heavy atom. The zero-order chi connectivity index (χ0) is 16.0. The van der Waals surface area contributed by atoms with Gasteiger partial charge >= 0.3 is 11.9 Å². The summed E-state index contributed by atoms with van der Waals surface area (Å²) < 4.78 is 9.64. The van der Waals surface area contributed by atoms with Crippen LogP contribution in [0.2, 0.25) is 0 Å². The second-order valence-electron chi connectivity index (χ2n) is 3.92. The smallest absolute Gasteiger partial charge is 0.354 e. The normalized spacial score (nSPS) is 10.8. The van der Waals surface area contributed by atoms with E-state index in [4.69, 9.17) is 0 Å². The van der Waals surface area contributed by atoms with E-state index in [9.17, 15) is 14.4 Å². The van der Waals surface area contributed by atoms with Crippen molar-refractivity contribution in [1.82, 2.24) is 0 Å². The molecule has 0 aliphatic heterocycles. The maximum absolute atomic E-state index is 11.7. The van der Waals surface area contributed by atoms with Crippen molar-refractivity contribution in [3.8, 4) is 0 Å². The number of methoxy groups -OCH3 is 2. The molecule has 0 saturated heterocycles. The monoisotopic (exact) mass is 355 g/mol. The molecule has 1 aromatic rings. The maximum atomic E-state index is 11.7. The quantitative estimate of drug-likeness (QED) is 0.495. The number of benzene rings is 1. The molecule has 21 heavy (non-hydrogen) atoms. The van der Waals surface area contributed by atoms with E-state index in [0.717, 1.165) is 6.08 Å². The summed E-state index contributed by atoms with van der Waals surface area (Å²) in [5, 5.41) is 2.73. The van der Waals surface area contributed by atoms with E-state index in [1.807, 2.05) is 0 Å². The van der Waals surface area contributed by atoms with Gasteiger partial charge in [-0.1, -0.05) is 6.07 Å². The zero-order valence-electron chi connectivity index (χ0n) is 11.7. The van der Waals surface area contributed by atoms with Crippen molar-refractivity contribution in [3.63, 3.8) is 0 Å². The molecule has 112 valence electrons. The molecule has 1 rings (SSSR count). The van der Waals surface area contributed by atoms with Crippen LogP contribution in [0.3, 0.4) is 0 Å². The third-order valence-electron chi connectivity index (χ3n) is 2.52. The number of ether oxygens (including phenoxy) is 2. The van der Waals surface area contributed by atoms with E-state index < -0.39 is 11.9 Å². The number of Topliss-reactive ketones (excluding diaryl/α,β-unsaturated/α-hetero) is 1. The van der Waals surface area contributed by atoms with E-state index >= 15 is 0 Å². The molecule has 0 saturated carbocycles. The van der Waals surface area contributed by atoms with E-state index in [1.54, 1.807) is 18.2 Å². The average Bonchev–Trinajstić information content (AvgIpc) is 2.46. The number of esters is 2. The van der Waals surface area contributed by atoms with Gasteiger partial charge in [-0.25, -0.2) is 9.59 Å². The van der Waals surface area contributed by atoms with Crippen LogP contribution < -0.4 is 5.32 Å². The number of carbonyl (C=O) groups is 3. The van der Waals surface area contributed by atoms with Crippen LogP contribution in [0.15, 0.2) is 34.4 Å². The molecule has 0 unspecified atom stereocenters. The van der Waals surface area contributed by atoms with Crippen molar-refractivity contribution in [2.24, 2.45) is 0 Å². The molecule has 1 aromatic carbocycles. The van der Waals surface area contributed by atoms with Gasteiger partial charge in [-0.05, 0) is 35.0 Å². The van der Waals surface area contributed by atoms with Gasteiger partial charge in [-0.15, -0.1) is 0 Å². The summed E-state index contributed by atoms with van der Waals surface area (Å²) in [6.45, 7) is 1.40. The molecule has 7 heteroatoms. The summed E-state index contributed by atoms with van der Waals surface area (Å²) in [6.07, 6.45) is 0.954. The Bertz CT molecular complexity index is 609. The highest BCUT2D eigenvalue weighted by atomic mass is 79.9. The van der Waals surface area contributed by atoms with Gasteiger partial charge in [0, 0.05) is 10.0 Å². The van der Waals surface area contributed by atoms with Crippen LogP contribution in [0.1, 0.15) is 17.3 Å². The number of rotatable bonds is 5. The maximum Gasteiger partial charge on any atom is 0.354 e. The Morgan fingerprint density at radius 2 is 1.86 bits per heavy atom. The van der Waals surface area contributed by atoms with Crippen LogP contribution in [0.5, 0.6) is 0 Å². The van der Waals surface area contributed by atoms with Gasteiger partial charge in [0.15, 0.2) is 5.78 Å². The topological polar surface area (TPSA) is 81.7 Å². The summed E-state index contributed by atoms with van der Waals surface area (Å²) in [4.78, 5) is 34.6. The number of carbonyl (C=O) groups excluding carboxylic acids is 3. The van der Waals surface area contributed by atoms with Crippen molar-refractivity contribution in [1.29, 1.82) is 0 Å². The molecular weight excluding hydrogens is 342 g/mol. The largest absolute Gasteiger partial charge is 0.466 e. The van der Waals surface area contributed by atoms with E-state index in [1.165, 1.54) is 21.1 Å². The lowest BCUT2D eigenvalue weighted by molar-refractivity contribution is -0.138. The third-order valence-corrected chi connectivity index (χ3v) is 3.18. The van der Waals surface area contributed by atoms with Crippen molar-refractivity contribution in [3.05, 3.63) is 40.0 Å². The number of halogens is 1. The summed E-state index contributed by atoms with van der Waals surface area (Å²) in [7, 11) is 2.37. The Labute approximate surface area is 130 Å². The predicted octanol–water partition coefficient (Wildman–Crippen LogP) is 2.29. The standard InChI is InChI=1S/C14H14BrNO5/c1-8(17)9-5-4-6-10(15)13(9)16-11(14(19)21-3)7-12(18)20-2/h4-7,16H,1-3H3/b11-7+. The molecule has 0 bridgehead atoms. The molecule has 0 aromatic heterocycles. The number of nitrogens with one attached hydrogen (secondary N) is 1. The molecule has 0 radical (unpaired) electrons. The fourth-order valence-electron chi connectivity index (χ4n) is 1.51. The Hall–Kier alpha value is -2.15. The molecule has 0 spiro atoms. The van der Waals surface area contributed by atoms with Crippen LogP contribution in [-0.4, -0.2) is 31.9 Å². The number of anilines is 1. The van der Waals surface area contributed by atoms with Crippen LogP contribution in [0.25, 0.3) is 0 Å². The van der Waals surface area contributed by atoms with E-state index in [2.05, 4.69) is 30.7 Å². The molecule has 6 nitrogen and oxygen atoms in total. The fraction of sp³-hybridized carbons (Fsp3) is 0.214. The van der Waals surface area contributed by atoms with Crippen molar-refractivity contribution < 1.29 is 23.9 Å². The van der Waals surface area contributed by atoms with Crippen LogP contribution in [0.4, 0.5) is 5.69 Å². The Balaban J connectivity index is 3.27. The van der Waals surface area contributed by atoms with E-state index in [0.29, 0.717) is 15.7 Å². The number of ketones is 1. The van der Waals surface area contributed by atoms with Gasteiger partial charge in [0.25, 0.3) is 0 Å². The first-order chi connectivity index (χ1) is 9.90. The third kappa shape index (κ3) is 4.42. The summed E-state index contributed by atoms with van der Waals surface area (Å²) in [5.41, 5.74) is 0.591. The summed E-state index contributed by atoms with van der Waals surface area (Å²) >= 11 is 3.29. The molecule has 0 atom stereocenters. The molecule has 0 fully saturated rings. The number of hydrogen-bond donors (Lipinski definition) is 1. The number of para-hydroxylation sites is 1. The number of hydrogen-bond acceptors (Lipinski definition) is 6. The second-order valence-corrected chi connectivity index (χ2v) is 4.77. The zero-order valence-corrected chi connectivity index (χ0v) is 13.3. The van der Waals surface area contributed by atoms with Crippen LogP contribution >= 0.6 is 15.9 Å². The molecule has 0 aliphatic carbocycles. The van der Waals surface area contributed by atoms with Crippen LogP contribution in [-0.2, 0) is 19.1 Å². The fourth-order valence-corrected chi connectivity index (χ4v) is 1.98. The van der Waals surface area contributed by atoms with Crippen molar-refractivity contribution >= 4 is 39.3 Å².